The van der Waals surface area contributed by atoms with Crippen LogP contribution in [0.5, 0.6) is 0 Å². The van der Waals surface area contributed by atoms with Crippen molar-refractivity contribution in [1.29, 1.82) is 0 Å². The number of benzene rings is 2. The molecule has 2 aromatic heterocycles. The zero-order chi connectivity index (χ0) is 18.1. The van der Waals surface area contributed by atoms with Gasteiger partial charge in [-0.25, -0.2) is 4.98 Å². The van der Waals surface area contributed by atoms with Gasteiger partial charge in [-0.2, -0.15) is 0 Å². The summed E-state index contributed by atoms with van der Waals surface area (Å²) < 4.78 is 1.95. The Balaban J connectivity index is 1.61. The number of carbonyl (C=O) groups excluding carboxylic acids is 1. The van der Waals surface area contributed by atoms with Crippen molar-refractivity contribution in [1.82, 2.24) is 9.38 Å². The van der Waals surface area contributed by atoms with Crippen LogP contribution in [0.4, 0.5) is 5.69 Å². The second kappa shape index (κ2) is 6.83. The van der Waals surface area contributed by atoms with Crippen LogP contribution >= 0.6 is 23.2 Å². The molecule has 0 aliphatic rings. The van der Waals surface area contributed by atoms with Gasteiger partial charge in [0.05, 0.1) is 15.7 Å². The van der Waals surface area contributed by atoms with Crippen molar-refractivity contribution in [2.45, 2.75) is 0 Å². The lowest BCUT2D eigenvalue weighted by atomic mass is 10.1. The second-order valence-corrected chi connectivity index (χ2v) is 6.57. The van der Waals surface area contributed by atoms with Gasteiger partial charge in [0.1, 0.15) is 5.65 Å². The minimum Gasteiger partial charge on any atom is -0.322 e. The molecule has 0 atom stereocenters. The number of rotatable bonds is 3. The molecule has 0 radical (unpaired) electrons. The van der Waals surface area contributed by atoms with Gasteiger partial charge < -0.3 is 9.72 Å². The minimum absolute atomic E-state index is 0.254. The molecule has 0 unspecified atom stereocenters. The van der Waals surface area contributed by atoms with E-state index in [1.54, 1.807) is 18.2 Å². The van der Waals surface area contributed by atoms with E-state index in [1.807, 2.05) is 59.3 Å². The van der Waals surface area contributed by atoms with Gasteiger partial charge >= 0.3 is 0 Å². The van der Waals surface area contributed by atoms with Crippen LogP contribution in [0.1, 0.15) is 10.4 Å². The Hall–Kier alpha value is -2.82. The summed E-state index contributed by atoms with van der Waals surface area (Å²) in [5.41, 5.74) is 3.74. The summed E-state index contributed by atoms with van der Waals surface area (Å²) in [5.74, 6) is -0.254. The number of nitrogens with one attached hydrogen (secondary N) is 1. The molecule has 0 saturated carbocycles. The molecule has 4 rings (SSSR count). The molecule has 1 amide bonds. The highest BCUT2D eigenvalue weighted by molar-refractivity contribution is 6.42. The Bertz CT molecular complexity index is 1090. The van der Waals surface area contributed by atoms with Crippen LogP contribution in [-0.4, -0.2) is 15.3 Å². The normalized spacial score (nSPS) is 10.8. The Labute approximate surface area is 160 Å². The van der Waals surface area contributed by atoms with E-state index in [2.05, 4.69) is 10.3 Å². The predicted molar refractivity (Wildman–Crippen MR) is 105 cm³/mol. The van der Waals surface area contributed by atoms with Crippen LogP contribution in [0, 0.1) is 0 Å². The SMILES string of the molecule is O=C(Nc1cccc(-c2cn3ccccc3n2)c1)c1ccc(Cl)c(Cl)c1. The topological polar surface area (TPSA) is 46.4 Å². The maximum Gasteiger partial charge on any atom is 0.255 e. The van der Waals surface area contributed by atoms with Gasteiger partial charge in [0, 0.05) is 29.2 Å². The lowest BCUT2D eigenvalue weighted by Crippen LogP contribution is -2.11. The fourth-order valence-electron chi connectivity index (χ4n) is 2.67. The van der Waals surface area contributed by atoms with E-state index in [1.165, 1.54) is 0 Å². The molecule has 0 aliphatic carbocycles. The van der Waals surface area contributed by atoms with Gasteiger partial charge in [0.15, 0.2) is 0 Å². The monoisotopic (exact) mass is 381 g/mol. The number of imidazole rings is 1. The van der Waals surface area contributed by atoms with Crippen molar-refractivity contribution in [2.24, 2.45) is 0 Å². The smallest absolute Gasteiger partial charge is 0.255 e. The van der Waals surface area contributed by atoms with E-state index in [0.717, 1.165) is 16.9 Å². The molecule has 4 nitrogen and oxygen atoms in total. The summed E-state index contributed by atoms with van der Waals surface area (Å²) in [6.45, 7) is 0. The molecule has 0 spiro atoms. The lowest BCUT2D eigenvalue weighted by molar-refractivity contribution is 0.102. The maximum atomic E-state index is 12.4. The van der Waals surface area contributed by atoms with Crippen molar-refractivity contribution >= 4 is 40.4 Å². The number of carbonyl (C=O) groups is 1. The third-order valence-electron chi connectivity index (χ3n) is 3.96. The standard InChI is InChI=1S/C20H13Cl2N3O/c21-16-8-7-14(11-17(16)22)20(26)23-15-5-3-4-13(10-15)18-12-25-9-2-1-6-19(25)24-18/h1-12H,(H,23,26). The van der Waals surface area contributed by atoms with Crippen molar-refractivity contribution in [3.05, 3.63) is 88.7 Å². The number of halogens is 2. The molecule has 26 heavy (non-hydrogen) atoms. The lowest BCUT2D eigenvalue weighted by Gasteiger charge is -2.07. The summed E-state index contributed by atoms with van der Waals surface area (Å²) in [4.78, 5) is 17.0. The number of anilines is 1. The third kappa shape index (κ3) is 3.29. The maximum absolute atomic E-state index is 12.4. The van der Waals surface area contributed by atoms with Crippen molar-refractivity contribution in [3.8, 4) is 11.3 Å². The van der Waals surface area contributed by atoms with Crippen molar-refractivity contribution < 1.29 is 4.79 Å². The number of amides is 1. The average molecular weight is 382 g/mol. The quantitative estimate of drug-likeness (QED) is 0.504. The molecule has 2 aromatic carbocycles. The van der Waals surface area contributed by atoms with Gasteiger partial charge in [-0.15, -0.1) is 0 Å². The van der Waals surface area contributed by atoms with E-state index >= 15 is 0 Å². The fraction of sp³-hybridized carbons (Fsp3) is 0. The van der Waals surface area contributed by atoms with Gasteiger partial charge in [0.25, 0.3) is 5.91 Å². The second-order valence-electron chi connectivity index (χ2n) is 5.76. The molecule has 0 saturated heterocycles. The molecule has 2 heterocycles. The van der Waals surface area contributed by atoms with Crippen molar-refractivity contribution in [3.63, 3.8) is 0 Å². The molecular formula is C20H13Cl2N3O. The van der Waals surface area contributed by atoms with Gasteiger partial charge in [-0.05, 0) is 42.5 Å². The summed E-state index contributed by atoms with van der Waals surface area (Å²) >= 11 is 11.9. The van der Waals surface area contributed by atoms with Gasteiger partial charge in [-0.3, -0.25) is 4.79 Å². The molecule has 6 heteroatoms. The number of nitrogens with zero attached hydrogens (tertiary/aromatic N) is 2. The summed E-state index contributed by atoms with van der Waals surface area (Å²) in [7, 11) is 0. The summed E-state index contributed by atoms with van der Waals surface area (Å²) in [5, 5.41) is 3.63. The first-order valence-electron chi connectivity index (χ1n) is 7.91. The summed E-state index contributed by atoms with van der Waals surface area (Å²) in [6.07, 6.45) is 3.90. The van der Waals surface area contributed by atoms with Crippen LogP contribution in [0.15, 0.2) is 73.1 Å². The fourth-order valence-corrected chi connectivity index (χ4v) is 2.97. The molecule has 0 bridgehead atoms. The number of hydrogen-bond acceptors (Lipinski definition) is 2. The van der Waals surface area contributed by atoms with Crippen LogP contribution in [0.25, 0.3) is 16.9 Å². The first-order chi connectivity index (χ1) is 12.6. The highest BCUT2D eigenvalue weighted by Crippen LogP contribution is 2.25. The van der Waals surface area contributed by atoms with E-state index in [-0.39, 0.29) is 5.91 Å². The molecule has 128 valence electrons. The van der Waals surface area contributed by atoms with Gasteiger partial charge in [0.2, 0.25) is 0 Å². The van der Waals surface area contributed by atoms with Crippen molar-refractivity contribution in [2.75, 3.05) is 5.32 Å². The van der Waals surface area contributed by atoms with E-state index < -0.39 is 0 Å². The zero-order valence-electron chi connectivity index (χ0n) is 13.5. The Kier molecular flexibility index (Phi) is 4.37. The molecule has 1 N–H and O–H groups in total. The molecule has 4 aromatic rings. The van der Waals surface area contributed by atoms with E-state index in [9.17, 15) is 4.79 Å². The van der Waals surface area contributed by atoms with Crippen LogP contribution in [0.2, 0.25) is 10.0 Å². The number of pyridine rings is 1. The Morgan fingerprint density at radius 1 is 0.962 bits per heavy atom. The largest absolute Gasteiger partial charge is 0.322 e. The Morgan fingerprint density at radius 2 is 1.85 bits per heavy atom. The van der Waals surface area contributed by atoms with Crippen LogP contribution in [0.3, 0.4) is 0 Å². The van der Waals surface area contributed by atoms with Crippen LogP contribution < -0.4 is 5.32 Å². The first-order valence-corrected chi connectivity index (χ1v) is 8.66. The highest BCUT2D eigenvalue weighted by Gasteiger charge is 2.10. The van der Waals surface area contributed by atoms with E-state index in [0.29, 0.717) is 21.3 Å². The zero-order valence-corrected chi connectivity index (χ0v) is 15.0. The van der Waals surface area contributed by atoms with E-state index in [4.69, 9.17) is 23.2 Å². The predicted octanol–water partition coefficient (Wildman–Crippen LogP) is 5.56. The Morgan fingerprint density at radius 3 is 2.65 bits per heavy atom. The molecular weight excluding hydrogens is 369 g/mol. The van der Waals surface area contributed by atoms with Gasteiger partial charge in [-0.1, -0.05) is 41.4 Å². The minimum atomic E-state index is -0.254. The van der Waals surface area contributed by atoms with Crippen LogP contribution in [-0.2, 0) is 0 Å². The number of fused-ring (bicyclic) bond motifs is 1. The average Bonchev–Trinajstić information content (AvgIpc) is 3.08. The summed E-state index contributed by atoms with van der Waals surface area (Å²) in [6, 6.07) is 18.2. The third-order valence-corrected chi connectivity index (χ3v) is 4.70. The highest BCUT2D eigenvalue weighted by atomic mass is 35.5. The number of aromatic nitrogens is 2. The first kappa shape index (κ1) is 16.6. The molecule has 0 fully saturated rings. The number of hydrogen-bond donors (Lipinski definition) is 1. The molecule has 0 aliphatic heterocycles.